The highest BCUT2D eigenvalue weighted by Gasteiger charge is 2.24. The van der Waals surface area contributed by atoms with Crippen molar-refractivity contribution in [3.63, 3.8) is 0 Å². The summed E-state index contributed by atoms with van der Waals surface area (Å²) < 4.78 is 5.51. The predicted octanol–water partition coefficient (Wildman–Crippen LogP) is 2.83. The van der Waals surface area contributed by atoms with E-state index in [0.29, 0.717) is 6.04 Å². The molecule has 1 aromatic carbocycles. The highest BCUT2D eigenvalue weighted by molar-refractivity contribution is 5.57. The molecular weight excluding hydrogens is 312 g/mol. The summed E-state index contributed by atoms with van der Waals surface area (Å²) in [7, 11) is 0. The van der Waals surface area contributed by atoms with Gasteiger partial charge in [-0.25, -0.2) is 9.97 Å². The van der Waals surface area contributed by atoms with E-state index in [-0.39, 0.29) is 0 Å². The monoisotopic (exact) mass is 338 g/mol. The molecule has 0 amide bonds. The molecule has 3 heterocycles. The number of hydrogen-bond donors (Lipinski definition) is 0. The molecular formula is C20H26N4O. The fourth-order valence-electron chi connectivity index (χ4n) is 3.83. The Labute approximate surface area is 149 Å². The smallest absolute Gasteiger partial charge is 0.161 e. The van der Waals surface area contributed by atoms with Gasteiger partial charge in [0.2, 0.25) is 0 Å². The van der Waals surface area contributed by atoms with Crippen LogP contribution >= 0.6 is 0 Å². The van der Waals surface area contributed by atoms with E-state index in [1.165, 1.54) is 25.8 Å². The summed E-state index contributed by atoms with van der Waals surface area (Å²) in [6.07, 6.45) is 5.41. The van der Waals surface area contributed by atoms with Gasteiger partial charge in [-0.2, -0.15) is 0 Å². The molecule has 2 aliphatic rings. The van der Waals surface area contributed by atoms with Gasteiger partial charge in [-0.1, -0.05) is 30.3 Å². The van der Waals surface area contributed by atoms with Crippen molar-refractivity contribution in [3.8, 4) is 11.4 Å². The minimum absolute atomic E-state index is 0.693. The zero-order valence-corrected chi connectivity index (χ0v) is 14.7. The van der Waals surface area contributed by atoms with E-state index >= 15 is 0 Å². The van der Waals surface area contributed by atoms with Crippen LogP contribution in [0.25, 0.3) is 11.4 Å². The average Bonchev–Trinajstić information content (AvgIpc) is 2.96. The number of aromatic nitrogens is 2. The second kappa shape index (κ2) is 7.93. The van der Waals surface area contributed by atoms with Gasteiger partial charge in [-0.3, -0.25) is 4.90 Å². The van der Waals surface area contributed by atoms with Gasteiger partial charge in [-0.05, 0) is 25.3 Å². The van der Waals surface area contributed by atoms with Crippen molar-refractivity contribution in [1.82, 2.24) is 14.9 Å². The molecule has 0 bridgehead atoms. The van der Waals surface area contributed by atoms with Gasteiger partial charge < -0.3 is 9.64 Å². The fourth-order valence-corrected chi connectivity index (χ4v) is 3.83. The summed E-state index contributed by atoms with van der Waals surface area (Å²) in [5, 5.41) is 0. The molecule has 0 spiro atoms. The largest absolute Gasteiger partial charge is 0.381 e. The first-order chi connectivity index (χ1) is 12.4. The molecule has 1 aromatic heterocycles. The molecule has 0 radical (unpaired) electrons. The van der Waals surface area contributed by atoms with Crippen LogP contribution in [-0.4, -0.2) is 60.3 Å². The molecule has 132 valence electrons. The molecule has 0 aliphatic carbocycles. The Bertz CT molecular complexity index is 672. The number of benzene rings is 1. The number of hydrogen-bond acceptors (Lipinski definition) is 5. The van der Waals surface area contributed by atoms with Crippen LogP contribution in [0.3, 0.4) is 0 Å². The minimum atomic E-state index is 0.693. The van der Waals surface area contributed by atoms with Gasteiger partial charge in [-0.15, -0.1) is 0 Å². The minimum Gasteiger partial charge on any atom is -0.381 e. The lowest BCUT2D eigenvalue weighted by Crippen LogP contribution is -2.41. The Kier molecular flexibility index (Phi) is 5.23. The fraction of sp³-hybridized carbons (Fsp3) is 0.500. The van der Waals surface area contributed by atoms with E-state index in [1.54, 1.807) is 0 Å². The standard InChI is InChI=1S/C20H26N4O/c1-2-5-17(6-3-1)20-21-10-7-19(22-20)24-12-4-11-23(13-14-24)18-8-15-25-16-9-18/h1-3,5-7,10,18H,4,8-9,11-16H2. The van der Waals surface area contributed by atoms with Gasteiger partial charge in [0.25, 0.3) is 0 Å². The van der Waals surface area contributed by atoms with Crippen LogP contribution < -0.4 is 4.90 Å². The molecule has 0 unspecified atom stereocenters. The Morgan fingerprint density at radius 2 is 1.76 bits per heavy atom. The van der Waals surface area contributed by atoms with Gasteiger partial charge in [0.1, 0.15) is 5.82 Å². The van der Waals surface area contributed by atoms with Crippen LogP contribution in [-0.2, 0) is 4.74 Å². The molecule has 4 rings (SSSR count). The quantitative estimate of drug-likeness (QED) is 0.861. The molecule has 0 atom stereocenters. The van der Waals surface area contributed by atoms with Gasteiger partial charge in [0.05, 0.1) is 0 Å². The van der Waals surface area contributed by atoms with Crippen LogP contribution in [0, 0.1) is 0 Å². The zero-order valence-electron chi connectivity index (χ0n) is 14.7. The zero-order chi connectivity index (χ0) is 16.9. The maximum atomic E-state index is 5.51. The van der Waals surface area contributed by atoms with Crippen LogP contribution in [0.2, 0.25) is 0 Å². The number of nitrogens with zero attached hydrogens (tertiary/aromatic N) is 4. The van der Waals surface area contributed by atoms with E-state index in [2.05, 4.69) is 26.9 Å². The van der Waals surface area contributed by atoms with Crippen LogP contribution in [0.4, 0.5) is 5.82 Å². The van der Waals surface area contributed by atoms with E-state index in [9.17, 15) is 0 Å². The molecule has 0 saturated carbocycles. The highest BCUT2D eigenvalue weighted by Crippen LogP contribution is 2.21. The summed E-state index contributed by atoms with van der Waals surface area (Å²) in [5.41, 5.74) is 1.07. The van der Waals surface area contributed by atoms with Crippen molar-refractivity contribution >= 4 is 5.82 Å². The van der Waals surface area contributed by atoms with E-state index < -0.39 is 0 Å². The third-order valence-corrected chi connectivity index (χ3v) is 5.23. The molecule has 5 heteroatoms. The molecule has 2 aromatic rings. The molecule has 2 fully saturated rings. The van der Waals surface area contributed by atoms with E-state index in [0.717, 1.165) is 50.1 Å². The van der Waals surface area contributed by atoms with Crippen molar-refractivity contribution in [3.05, 3.63) is 42.6 Å². The maximum absolute atomic E-state index is 5.51. The first-order valence-electron chi connectivity index (χ1n) is 9.35. The highest BCUT2D eigenvalue weighted by atomic mass is 16.5. The maximum Gasteiger partial charge on any atom is 0.161 e. The molecule has 5 nitrogen and oxygen atoms in total. The SMILES string of the molecule is c1ccc(-c2nccc(N3CCCN(C4CCOCC4)CC3)n2)cc1. The van der Waals surface area contributed by atoms with E-state index in [1.807, 2.05) is 30.5 Å². The van der Waals surface area contributed by atoms with Gasteiger partial charge >= 0.3 is 0 Å². The third-order valence-electron chi connectivity index (χ3n) is 5.23. The Balaban J connectivity index is 1.45. The van der Waals surface area contributed by atoms with Crippen LogP contribution in [0.15, 0.2) is 42.6 Å². The number of ether oxygens (including phenoxy) is 1. The normalized spacial score (nSPS) is 20.4. The predicted molar refractivity (Wildman–Crippen MR) is 99.7 cm³/mol. The van der Waals surface area contributed by atoms with Crippen molar-refractivity contribution in [2.45, 2.75) is 25.3 Å². The van der Waals surface area contributed by atoms with Crippen molar-refractivity contribution < 1.29 is 4.74 Å². The molecule has 0 N–H and O–H groups in total. The van der Waals surface area contributed by atoms with Gasteiger partial charge in [0, 0.05) is 57.2 Å². The van der Waals surface area contributed by atoms with Crippen molar-refractivity contribution in [1.29, 1.82) is 0 Å². The Hall–Kier alpha value is -1.98. The first kappa shape index (κ1) is 16.5. The molecule has 2 aliphatic heterocycles. The summed E-state index contributed by atoms with van der Waals surface area (Å²) >= 11 is 0. The summed E-state index contributed by atoms with van der Waals surface area (Å²) in [6, 6.07) is 12.9. The lowest BCUT2D eigenvalue weighted by Gasteiger charge is -2.33. The number of rotatable bonds is 3. The third kappa shape index (κ3) is 3.99. The second-order valence-corrected chi connectivity index (χ2v) is 6.82. The van der Waals surface area contributed by atoms with Crippen molar-refractivity contribution in [2.75, 3.05) is 44.3 Å². The van der Waals surface area contributed by atoms with Crippen molar-refractivity contribution in [2.24, 2.45) is 0 Å². The second-order valence-electron chi connectivity index (χ2n) is 6.82. The first-order valence-corrected chi connectivity index (χ1v) is 9.35. The van der Waals surface area contributed by atoms with E-state index in [4.69, 9.17) is 9.72 Å². The average molecular weight is 338 g/mol. The molecule has 2 saturated heterocycles. The van der Waals surface area contributed by atoms with Gasteiger partial charge in [0.15, 0.2) is 5.82 Å². The number of anilines is 1. The summed E-state index contributed by atoms with van der Waals surface area (Å²) in [5.74, 6) is 1.85. The lowest BCUT2D eigenvalue weighted by molar-refractivity contribution is 0.0365. The van der Waals surface area contributed by atoms with Crippen LogP contribution in [0.1, 0.15) is 19.3 Å². The van der Waals surface area contributed by atoms with Crippen LogP contribution in [0.5, 0.6) is 0 Å². The summed E-state index contributed by atoms with van der Waals surface area (Å²) in [6.45, 7) is 6.20. The Morgan fingerprint density at radius 3 is 2.60 bits per heavy atom. The lowest BCUT2D eigenvalue weighted by atomic mass is 10.1. The molecule has 25 heavy (non-hydrogen) atoms. The topological polar surface area (TPSA) is 41.5 Å². The summed E-state index contributed by atoms with van der Waals surface area (Å²) in [4.78, 5) is 14.3. The Morgan fingerprint density at radius 1 is 0.920 bits per heavy atom.